The summed E-state index contributed by atoms with van der Waals surface area (Å²) in [6.07, 6.45) is 0. The largest absolute Gasteiger partial charge is 0.0622 e. The first-order valence-electron chi connectivity index (χ1n) is 14.6. The molecule has 0 atom stereocenters. The fourth-order valence-electron chi connectivity index (χ4n) is 7.05. The van der Waals surface area contributed by atoms with Crippen molar-refractivity contribution in [2.45, 2.75) is 0 Å². The van der Waals surface area contributed by atoms with Gasteiger partial charge in [0.25, 0.3) is 0 Å². The van der Waals surface area contributed by atoms with Crippen molar-refractivity contribution in [3.05, 3.63) is 158 Å². The van der Waals surface area contributed by atoms with Crippen LogP contribution in [-0.4, -0.2) is 0 Å². The molecule has 194 valence electrons. The van der Waals surface area contributed by atoms with E-state index in [1.54, 1.807) is 0 Å². The fraction of sp³-hybridized carbons (Fsp3) is 0. The summed E-state index contributed by atoms with van der Waals surface area (Å²) in [4.78, 5) is 0. The molecule has 0 unspecified atom stereocenters. The van der Waals surface area contributed by atoms with Crippen LogP contribution in [0.2, 0.25) is 0 Å². The van der Waals surface area contributed by atoms with Crippen molar-refractivity contribution in [3.63, 3.8) is 0 Å². The molecule has 9 aromatic rings. The molecule has 0 heterocycles. The smallest absolute Gasteiger partial charge is 0.00197 e. The molecular formula is C42H26. The summed E-state index contributed by atoms with van der Waals surface area (Å²) in [6, 6.07) is 58.1. The van der Waals surface area contributed by atoms with Crippen molar-refractivity contribution in [1.82, 2.24) is 0 Å². The lowest BCUT2D eigenvalue weighted by molar-refractivity contribution is 1.64. The third-order valence-corrected chi connectivity index (χ3v) is 8.99. The molecular weight excluding hydrogens is 504 g/mol. The van der Waals surface area contributed by atoms with E-state index in [2.05, 4.69) is 158 Å². The lowest BCUT2D eigenvalue weighted by Crippen LogP contribution is -1.90. The average molecular weight is 531 g/mol. The van der Waals surface area contributed by atoms with Crippen LogP contribution in [0.15, 0.2) is 158 Å². The van der Waals surface area contributed by atoms with E-state index >= 15 is 0 Å². The Morgan fingerprint density at radius 3 is 1.62 bits per heavy atom. The first-order chi connectivity index (χ1) is 20.8. The van der Waals surface area contributed by atoms with Gasteiger partial charge < -0.3 is 0 Å². The predicted octanol–water partition coefficient (Wildman–Crippen LogP) is 11.9. The monoisotopic (exact) mass is 530 g/mol. The minimum atomic E-state index is 1.24. The maximum Gasteiger partial charge on any atom is -0.00197 e. The second-order valence-electron chi connectivity index (χ2n) is 11.3. The quantitative estimate of drug-likeness (QED) is 0.195. The lowest BCUT2D eigenvalue weighted by Gasteiger charge is -2.17. The van der Waals surface area contributed by atoms with Gasteiger partial charge in [0, 0.05) is 0 Å². The molecule has 0 saturated heterocycles. The van der Waals surface area contributed by atoms with Gasteiger partial charge in [0.2, 0.25) is 0 Å². The van der Waals surface area contributed by atoms with Gasteiger partial charge in [-0.3, -0.25) is 0 Å². The Morgan fingerprint density at radius 2 is 0.810 bits per heavy atom. The van der Waals surface area contributed by atoms with E-state index < -0.39 is 0 Å². The molecule has 42 heavy (non-hydrogen) atoms. The summed E-state index contributed by atoms with van der Waals surface area (Å²) >= 11 is 0. The zero-order chi connectivity index (χ0) is 27.6. The van der Waals surface area contributed by atoms with Crippen molar-refractivity contribution >= 4 is 64.6 Å². The third-order valence-electron chi connectivity index (χ3n) is 8.99. The third kappa shape index (κ3) is 3.42. The number of fused-ring (bicyclic) bond motifs is 11. The molecule has 9 rings (SSSR count). The van der Waals surface area contributed by atoms with Gasteiger partial charge in [-0.1, -0.05) is 140 Å². The van der Waals surface area contributed by atoms with Crippen molar-refractivity contribution < 1.29 is 0 Å². The van der Waals surface area contributed by atoms with Gasteiger partial charge in [-0.05, 0) is 105 Å². The number of rotatable bonds is 2. The van der Waals surface area contributed by atoms with Crippen LogP contribution in [0.25, 0.3) is 86.9 Å². The standard InChI is InChI=1S/C42H26/c1-2-10-27(11-3-1)30-20-18-28-19-21-31(25-32(28)24-30)39-26-40-35-15-7-9-17-37(35)41-33-13-5-4-12-29(33)22-23-38(41)42(40)36-16-8-6-14-34(36)39/h1-26H. The normalized spacial score (nSPS) is 11.8. The summed E-state index contributed by atoms with van der Waals surface area (Å²) in [5, 5.41) is 15.6. The predicted molar refractivity (Wildman–Crippen MR) is 182 cm³/mol. The summed E-state index contributed by atoms with van der Waals surface area (Å²) in [7, 11) is 0. The SMILES string of the molecule is c1ccc(-c2ccc3ccc(-c4cc5c6ccccc6c6c7ccccc7ccc6c5c5ccccc45)cc3c2)cc1. The zero-order valence-corrected chi connectivity index (χ0v) is 23.0. The minimum Gasteiger partial charge on any atom is -0.0622 e. The Morgan fingerprint density at radius 1 is 0.238 bits per heavy atom. The second kappa shape index (κ2) is 9.03. The first-order valence-corrected chi connectivity index (χ1v) is 14.6. The van der Waals surface area contributed by atoms with Crippen LogP contribution >= 0.6 is 0 Å². The Hall–Kier alpha value is -5.46. The van der Waals surface area contributed by atoms with Crippen LogP contribution in [0.5, 0.6) is 0 Å². The van der Waals surface area contributed by atoms with Crippen molar-refractivity contribution in [2.75, 3.05) is 0 Å². The molecule has 0 heteroatoms. The minimum absolute atomic E-state index is 1.24. The highest BCUT2D eigenvalue weighted by molar-refractivity contribution is 6.36. The van der Waals surface area contributed by atoms with Crippen LogP contribution in [0.1, 0.15) is 0 Å². The zero-order valence-electron chi connectivity index (χ0n) is 23.0. The molecule has 0 aliphatic carbocycles. The lowest BCUT2D eigenvalue weighted by atomic mass is 9.86. The topological polar surface area (TPSA) is 0 Å². The van der Waals surface area contributed by atoms with E-state index in [4.69, 9.17) is 0 Å². The molecule has 0 spiro atoms. The Labute approximate surface area is 244 Å². The van der Waals surface area contributed by atoms with Crippen LogP contribution in [0.3, 0.4) is 0 Å². The van der Waals surface area contributed by atoms with Crippen molar-refractivity contribution in [2.24, 2.45) is 0 Å². The maximum atomic E-state index is 2.44. The number of hydrogen-bond acceptors (Lipinski definition) is 0. The molecule has 0 fully saturated rings. The average Bonchev–Trinajstić information content (AvgIpc) is 3.07. The van der Waals surface area contributed by atoms with Crippen LogP contribution in [-0.2, 0) is 0 Å². The van der Waals surface area contributed by atoms with Crippen molar-refractivity contribution in [1.29, 1.82) is 0 Å². The summed E-state index contributed by atoms with van der Waals surface area (Å²) in [5.74, 6) is 0. The van der Waals surface area contributed by atoms with E-state index in [9.17, 15) is 0 Å². The number of benzene rings is 9. The maximum absolute atomic E-state index is 2.44. The molecule has 0 nitrogen and oxygen atoms in total. The van der Waals surface area contributed by atoms with E-state index in [0.29, 0.717) is 0 Å². The molecule has 0 radical (unpaired) electrons. The molecule has 0 aliphatic heterocycles. The van der Waals surface area contributed by atoms with Crippen LogP contribution in [0, 0.1) is 0 Å². The highest BCUT2D eigenvalue weighted by Gasteiger charge is 2.16. The van der Waals surface area contributed by atoms with Crippen LogP contribution < -0.4 is 0 Å². The van der Waals surface area contributed by atoms with Gasteiger partial charge in [0.1, 0.15) is 0 Å². The van der Waals surface area contributed by atoms with E-state index in [0.717, 1.165) is 0 Å². The summed E-state index contributed by atoms with van der Waals surface area (Å²) in [6.45, 7) is 0. The van der Waals surface area contributed by atoms with Gasteiger partial charge in [0.05, 0.1) is 0 Å². The highest BCUT2D eigenvalue weighted by atomic mass is 14.2. The molecule has 0 N–H and O–H groups in total. The molecule has 0 aliphatic rings. The van der Waals surface area contributed by atoms with E-state index in [1.165, 1.54) is 86.9 Å². The molecule has 0 bridgehead atoms. The molecule has 0 amide bonds. The van der Waals surface area contributed by atoms with E-state index in [-0.39, 0.29) is 0 Å². The number of hydrogen-bond donors (Lipinski definition) is 0. The van der Waals surface area contributed by atoms with E-state index in [1.807, 2.05) is 0 Å². The van der Waals surface area contributed by atoms with Crippen LogP contribution in [0.4, 0.5) is 0 Å². The van der Waals surface area contributed by atoms with Gasteiger partial charge in [-0.25, -0.2) is 0 Å². The molecule has 0 aromatic heterocycles. The first kappa shape index (κ1) is 23.3. The van der Waals surface area contributed by atoms with Crippen molar-refractivity contribution in [3.8, 4) is 22.3 Å². The van der Waals surface area contributed by atoms with Gasteiger partial charge in [-0.15, -0.1) is 0 Å². The Bertz CT molecular complexity index is 2500. The Balaban J connectivity index is 1.39. The van der Waals surface area contributed by atoms with Gasteiger partial charge in [0.15, 0.2) is 0 Å². The summed E-state index contributed by atoms with van der Waals surface area (Å²) < 4.78 is 0. The molecule has 0 saturated carbocycles. The fourth-order valence-corrected chi connectivity index (χ4v) is 7.05. The summed E-state index contributed by atoms with van der Waals surface area (Å²) in [5.41, 5.74) is 5.00. The Kier molecular flexibility index (Phi) is 5.00. The van der Waals surface area contributed by atoms with Gasteiger partial charge in [-0.2, -0.15) is 0 Å². The molecule has 9 aromatic carbocycles. The highest BCUT2D eigenvalue weighted by Crippen LogP contribution is 2.44. The second-order valence-corrected chi connectivity index (χ2v) is 11.3. The van der Waals surface area contributed by atoms with Gasteiger partial charge >= 0.3 is 0 Å².